The molecule has 0 radical (unpaired) electrons. The summed E-state index contributed by atoms with van der Waals surface area (Å²) in [5, 5.41) is 9.58. The van der Waals surface area contributed by atoms with Crippen LogP contribution in [0.5, 0.6) is 0 Å². The quantitative estimate of drug-likeness (QED) is 0.799. The molecule has 0 aromatic heterocycles. The fourth-order valence-electron chi connectivity index (χ4n) is 2.17. The molecule has 100 valence electrons. The maximum Gasteiger partial charge on any atom is 0.0465 e. The third kappa shape index (κ3) is 4.44. The Kier molecular flexibility index (Phi) is 5.61. The van der Waals surface area contributed by atoms with Gasteiger partial charge in [-0.2, -0.15) is 0 Å². The largest absolute Gasteiger partial charge is 0.396 e. The zero-order chi connectivity index (χ0) is 13.7. The number of aliphatic hydroxyl groups is 1. The zero-order valence-electron chi connectivity index (χ0n) is 10.5. The second-order valence-corrected chi connectivity index (χ2v) is 6.45. The fourth-order valence-corrected chi connectivity index (χ4v) is 3.07. The monoisotopic (exact) mass is 382 g/mol. The summed E-state index contributed by atoms with van der Waals surface area (Å²) in [4.78, 5) is 0. The molecule has 0 spiro atoms. The van der Waals surface area contributed by atoms with Crippen LogP contribution in [0.1, 0.15) is 11.1 Å². The van der Waals surface area contributed by atoms with Crippen molar-refractivity contribution in [2.75, 3.05) is 6.61 Å². The summed E-state index contributed by atoms with van der Waals surface area (Å²) >= 11 is 7.04. The lowest BCUT2D eigenvalue weighted by Crippen LogP contribution is -2.13. The Labute approximate surface area is 130 Å². The van der Waals surface area contributed by atoms with Gasteiger partial charge in [-0.1, -0.05) is 62.2 Å². The molecule has 2 rings (SSSR count). The summed E-state index contributed by atoms with van der Waals surface area (Å²) < 4.78 is 2.20. The van der Waals surface area contributed by atoms with E-state index in [1.165, 1.54) is 11.1 Å². The van der Waals surface area contributed by atoms with Crippen molar-refractivity contribution in [2.24, 2.45) is 5.92 Å². The number of aliphatic hydroxyl groups excluding tert-OH is 1. The molecule has 1 nitrogen and oxygen atoms in total. The summed E-state index contributed by atoms with van der Waals surface area (Å²) in [5.74, 6) is 0.244. The summed E-state index contributed by atoms with van der Waals surface area (Å²) in [7, 11) is 0. The second-order valence-electron chi connectivity index (χ2n) is 4.68. The van der Waals surface area contributed by atoms with E-state index in [4.69, 9.17) is 0 Å². The molecule has 0 saturated carbocycles. The van der Waals surface area contributed by atoms with Gasteiger partial charge in [0.25, 0.3) is 0 Å². The summed E-state index contributed by atoms with van der Waals surface area (Å²) in [6.07, 6.45) is 1.77. The predicted molar refractivity (Wildman–Crippen MR) is 86.3 cm³/mol. The van der Waals surface area contributed by atoms with Crippen LogP contribution in [-0.2, 0) is 12.8 Å². The Bertz CT molecular complexity index is 540. The molecule has 0 fully saturated rings. The maximum absolute atomic E-state index is 9.58. The van der Waals surface area contributed by atoms with Gasteiger partial charge in [0.1, 0.15) is 0 Å². The van der Waals surface area contributed by atoms with Gasteiger partial charge in [-0.15, -0.1) is 0 Å². The van der Waals surface area contributed by atoms with E-state index in [1.54, 1.807) is 0 Å². The predicted octanol–water partition coefficient (Wildman–Crippen LogP) is 4.61. The van der Waals surface area contributed by atoms with Crippen molar-refractivity contribution in [2.45, 2.75) is 12.8 Å². The Morgan fingerprint density at radius 2 is 1.74 bits per heavy atom. The number of rotatable bonds is 5. The van der Waals surface area contributed by atoms with E-state index in [0.29, 0.717) is 0 Å². The first-order valence-corrected chi connectivity index (χ1v) is 7.86. The lowest BCUT2D eigenvalue weighted by molar-refractivity contribution is 0.225. The van der Waals surface area contributed by atoms with Crippen LogP contribution < -0.4 is 0 Å². The van der Waals surface area contributed by atoms with Crippen molar-refractivity contribution >= 4 is 31.9 Å². The van der Waals surface area contributed by atoms with Crippen molar-refractivity contribution in [1.82, 2.24) is 0 Å². The van der Waals surface area contributed by atoms with Crippen molar-refractivity contribution in [3.8, 4) is 0 Å². The molecule has 2 aromatic carbocycles. The minimum Gasteiger partial charge on any atom is -0.396 e. The number of hydrogen-bond acceptors (Lipinski definition) is 1. The molecule has 0 aliphatic rings. The van der Waals surface area contributed by atoms with E-state index in [9.17, 15) is 5.11 Å². The van der Waals surface area contributed by atoms with Gasteiger partial charge in [-0.3, -0.25) is 0 Å². The summed E-state index contributed by atoms with van der Waals surface area (Å²) in [6.45, 7) is 0.202. The molecule has 3 heteroatoms. The number of hydrogen-bond donors (Lipinski definition) is 1. The SMILES string of the molecule is OCC(Cc1cccc(Br)c1)Cc1ccccc1Br. The van der Waals surface area contributed by atoms with Crippen LogP contribution in [0.4, 0.5) is 0 Å². The van der Waals surface area contributed by atoms with Crippen molar-refractivity contribution in [3.05, 3.63) is 68.6 Å². The summed E-state index contributed by atoms with van der Waals surface area (Å²) in [5.41, 5.74) is 2.50. The third-order valence-electron chi connectivity index (χ3n) is 3.14. The van der Waals surface area contributed by atoms with Crippen LogP contribution in [0.2, 0.25) is 0 Å². The van der Waals surface area contributed by atoms with E-state index in [2.05, 4.69) is 50.1 Å². The molecular formula is C16H16Br2O. The number of halogens is 2. The maximum atomic E-state index is 9.58. The first-order valence-electron chi connectivity index (χ1n) is 6.27. The molecule has 0 aliphatic carbocycles. The van der Waals surface area contributed by atoms with Gasteiger partial charge in [0.15, 0.2) is 0 Å². The molecule has 1 unspecified atom stereocenters. The van der Waals surface area contributed by atoms with Gasteiger partial charge in [0.2, 0.25) is 0 Å². The molecule has 0 heterocycles. The van der Waals surface area contributed by atoms with Gasteiger partial charge in [-0.25, -0.2) is 0 Å². The molecule has 1 atom stereocenters. The highest BCUT2D eigenvalue weighted by molar-refractivity contribution is 9.10. The van der Waals surface area contributed by atoms with Crippen molar-refractivity contribution < 1.29 is 5.11 Å². The first-order chi connectivity index (χ1) is 9.19. The zero-order valence-corrected chi connectivity index (χ0v) is 13.7. The number of benzene rings is 2. The van der Waals surface area contributed by atoms with Crippen LogP contribution in [-0.4, -0.2) is 11.7 Å². The molecule has 2 aromatic rings. The fraction of sp³-hybridized carbons (Fsp3) is 0.250. The van der Waals surface area contributed by atoms with Gasteiger partial charge in [-0.05, 0) is 48.1 Å². The Hall–Kier alpha value is -0.640. The Morgan fingerprint density at radius 3 is 2.42 bits per heavy atom. The Balaban J connectivity index is 2.07. The average molecular weight is 384 g/mol. The van der Waals surface area contributed by atoms with Gasteiger partial charge < -0.3 is 5.11 Å². The van der Waals surface area contributed by atoms with Gasteiger partial charge in [0, 0.05) is 15.6 Å². The lowest BCUT2D eigenvalue weighted by atomic mass is 9.93. The standard InChI is InChI=1S/C16H16Br2O/c17-15-6-3-4-12(10-15)8-13(11-19)9-14-5-1-2-7-16(14)18/h1-7,10,13,19H,8-9,11H2. The third-order valence-corrected chi connectivity index (χ3v) is 4.40. The smallest absolute Gasteiger partial charge is 0.0465 e. The second kappa shape index (κ2) is 7.22. The van der Waals surface area contributed by atoms with E-state index in [-0.39, 0.29) is 12.5 Å². The molecule has 1 N–H and O–H groups in total. The van der Waals surface area contributed by atoms with E-state index in [1.807, 2.05) is 30.3 Å². The molecule has 0 amide bonds. The van der Waals surface area contributed by atoms with Gasteiger partial charge in [0.05, 0.1) is 0 Å². The average Bonchev–Trinajstić information content (AvgIpc) is 2.40. The summed E-state index contributed by atoms with van der Waals surface area (Å²) in [6, 6.07) is 16.5. The normalized spacial score (nSPS) is 12.4. The van der Waals surface area contributed by atoms with Crippen LogP contribution in [0, 0.1) is 5.92 Å². The molecule has 0 saturated heterocycles. The van der Waals surface area contributed by atoms with Crippen LogP contribution in [0.15, 0.2) is 57.5 Å². The van der Waals surface area contributed by atoms with E-state index < -0.39 is 0 Å². The van der Waals surface area contributed by atoms with Gasteiger partial charge >= 0.3 is 0 Å². The highest BCUT2D eigenvalue weighted by Crippen LogP contribution is 2.22. The topological polar surface area (TPSA) is 20.2 Å². The molecule has 0 bridgehead atoms. The molecular weight excluding hydrogens is 368 g/mol. The lowest BCUT2D eigenvalue weighted by Gasteiger charge is -2.15. The van der Waals surface area contributed by atoms with Crippen molar-refractivity contribution in [1.29, 1.82) is 0 Å². The van der Waals surface area contributed by atoms with E-state index >= 15 is 0 Å². The van der Waals surface area contributed by atoms with Crippen molar-refractivity contribution in [3.63, 3.8) is 0 Å². The highest BCUT2D eigenvalue weighted by Gasteiger charge is 2.11. The van der Waals surface area contributed by atoms with Crippen LogP contribution >= 0.6 is 31.9 Å². The van der Waals surface area contributed by atoms with Crippen LogP contribution in [0.25, 0.3) is 0 Å². The highest BCUT2D eigenvalue weighted by atomic mass is 79.9. The first kappa shape index (κ1) is 14.8. The molecule has 0 aliphatic heterocycles. The van der Waals surface area contributed by atoms with E-state index in [0.717, 1.165) is 21.8 Å². The minimum atomic E-state index is 0.202. The minimum absolute atomic E-state index is 0.202. The van der Waals surface area contributed by atoms with Crippen LogP contribution in [0.3, 0.4) is 0 Å². The Morgan fingerprint density at radius 1 is 0.947 bits per heavy atom. The molecule has 19 heavy (non-hydrogen) atoms.